The first-order chi connectivity index (χ1) is 15.7. The van der Waals surface area contributed by atoms with Crippen molar-refractivity contribution in [2.45, 2.75) is 25.9 Å². The predicted octanol–water partition coefficient (Wildman–Crippen LogP) is 4.28. The number of nitrogens with two attached hydrogens (primary N) is 1. The number of carbonyl (C=O) groups is 1. The Morgan fingerprint density at radius 1 is 1.09 bits per heavy atom. The molecule has 0 bridgehead atoms. The summed E-state index contributed by atoms with van der Waals surface area (Å²) in [5, 5.41) is 2.93. The lowest BCUT2D eigenvalue weighted by atomic mass is 10.1. The zero-order valence-electron chi connectivity index (χ0n) is 17.6. The van der Waals surface area contributed by atoms with Gasteiger partial charge in [0.05, 0.1) is 5.69 Å². The fourth-order valence-electron chi connectivity index (χ4n) is 3.24. The number of rotatable bonds is 9. The molecule has 0 aliphatic carbocycles. The maximum absolute atomic E-state index is 12.4. The number of amides is 1. The molecule has 0 radical (unpaired) electrons. The lowest BCUT2D eigenvalue weighted by Crippen LogP contribution is -2.28. The van der Waals surface area contributed by atoms with Crippen molar-refractivity contribution in [1.82, 2.24) is 19.9 Å². The third-order valence-electron chi connectivity index (χ3n) is 4.93. The van der Waals surface area contributed by atoms with E-state index < -0.39 is 0 Å². The number of hydrogen-bond donors (Lipinski definition) is 2. The number of aromatic nitrogens is 3. The molecule has 1 amide bonds. The minimum absolute atomic E-state index is 0.116. The number of imidazole rings is 1. The monoisotopic (exact) mass is 431 g/mol. The normalized spacial score (nSPS) is 10.8. The zero-order chi connectivity index (χ0) is 22.2. The largest absolute Gasteiger partial charge is 0.487 e. The van der Waals surface area contributed by atoms with Crippen molar-refractivity contribution in [3.63, 3.8) is 0 Å². The molecule has 164 valence electrons. The fourth-order valence-corrected chi connectivity index (χ4v) is 3.24. The molecule has 0 saturated heterocycles. The summed E-state index contributed by atoms with van der Waals surface area (Å²) in [6, 6.07) is 17.7. The Morgan fingerprint density at radius 3 is 2.66 bits per heavy atom. The topological polar surface area (TPSA) is 108 Å². The number of ether oxygens (including phenoxy) is 1. The summed E-state index contributed by atoms with van der Waals surface area (Å²) in [6.07, 6.45) is 7.66. The van der Waals surface area contributed by atoms with Gasteiger partial charge in [0.15, 0.2) is 0 Å². The second kappa shape index (κ2) is 10.3. The van der Waals surface area contributed by atoms with Crippen molar-refractivity contribution in [3.05, 3.63) is 84.6 Å². The maximum Gasteiger partial charge on any atom is 0.326 e. The Balaban J connectivity index is 1.23. The summed E-state index contributed by atoms with van der Waals surface area (Å²) >= 11 is 0. The molecule has 2 aromatic heterocycles. The number of hydrogen-bond acceptors (Lipinski definition) is 6. The van der Waals surface area contributed by atoms with Gasteiger partial charge in [-0.2, -0.15) is 4.98 Å². The van der Waals surface area contributed by atoms with Crippen LogP contribution in [0.5, 0.6) is 5.75 Å². The van der Waals surface area contributed by atoms with Crippen LogP contribution in [-0.4, -0.2) is 27.1 Å². The van der Waals surface area contributed by atoms with Gasteiger partial charge in [-0.15, -0.1) is 0 Å². The standard InChI is InChI=1S/C24H25N5O3/c25-23-28-20(16-32-23)15-31-21-11-9-19(10-12-21)22-14-29(17-27-22)24(30)26-13-5-4-8-18-6-2-1-3-7-18/h1-3,6-7,9-12,14,16-17H,4-5,8,13,15H2,(H2,25,28)(H,26,30). The number of nitrogens with one attached hydrogen (secondary N) is 1. The van der Waals surface area contributed by atoms with E-state index in [9.17, 15) is 4.79 Å². The first kappa shape index (κ1) is 21.2. The number of unbranched alkanes of at least 4 members (excludes halogenated alkanes) is 1. The van der Waals surface area contributed by atoms with Crippen LogP contribution < -0.4 is 15.8 Å². The second-order valence-electron chi connectivity index (χ2n) is 7.33. The highest BCUT2D eigenvalue weighted by Crippen LogP contribution is 2.21. The van der Waals surface area contributed by atoms with Crippen LogP contribution >= 0.6 is 0 Å². The van der Waals surface area contributed by atoms with Crippen molar-refractivity contribution in [1.29, 1.82) is 0 Å². The lowest BCUT2D eigenvalue weighted by Gasteiger charge is -2.06. The molecular weight excluding hydrogens is 406 g/mol. The third-order valence-corrected chi connectivity index (χ3v) is 4.93. The first-order valence-corrected chi connectivity index (χ1v) is 10.5. The van der Waals surface area contributed by atoms with Gasteiger partial charge in [-0.1, -0.05) is 30.3 Å². The fraction of sp³-hybridized carbons (Fsp3) is 0.208. The Bertz CT molecular complexity index is 1140. The number of anilines is 1. The van der Waals surface area contributed by atoms with Gasteiger partial charge in [-0.3, -0.25) is 4.57 Å². The van der Waals surface area contributed by atoms with E-state index in [0.717, 1.165) is 24.8 Å². The number of nitrogen functional groups attached to an aromatic ring is 1. The Kier molecular flexibility index (Phi) is 6.81. The molecule has 0 atom stereocenters. The van der Waals surface area contributed by atoms with Crippen LogP contribution in [0.2, 0.25) is 0 Å². The quantitative estimate of drug-likeness (QED) is 0.383. The van der Waals surface area contributed by atoms with Crippen molar-refractivity contribution in [2.75, 3.05) is 12.3 Å². The van der Waals surface area contributed by atoms with Gasteiger partial charge in [0.2, 0.25) is 0 Å². The molecule has 4 aromatic rings. The Labute approximate surface area is 186 Å². The molecule has 8 heteroatoms. The number of nitrogens with zero attached hydrogens (tertiary/aromatic N) is 3. The molecule has 0 unspecified atom stereocenters. The van der Waals surface area contributed by atoms with Crippen molar-refractivity contribution >= 4 is 12.0 Å². The minimum atomic E-state index is -0.185. The van der Waals surface area contributed by atoms with E-state index in [1.165, 1.54) is 22.7 Å². The number of carbonyl (C=O) groups excluding carboxylic acids is 1. The number of benzene rings is 2. The third kappa shape index (κ3) is 5.75. The van der Waals surface area contributed by atoms with Crippen molar-refractivity contribution < 1.29 is 13.9 Å². The van der Waals surface area contributed by atoms with Crippen LogP contribution in [-0.2, 0) is 13.0 Å². The van der Waals surface area contributed by atoms with Gasteiger partial charge >= 0.3 is 6.03 Å². The SMILES string of the molecule is Nc1nc(COc2ccc(-c3cn(C(=O)NCCCCc4ccccc4)cn3)cc2)co1. The van der Waals surface area contributed by atoms with E-state index in [-0.39, 0.29) is 18.7 Å². The minimum Gasteiger partial charge on any atom is -0.487 e. The highest BCUT2D eigenvalue weighted by molar-refractivity contribution is 5.77. The Hall–Kier alpha value is -4.07. The van der Waals surface area contributed by atoms with Crippen LogP contribution in [0.15, 0.2) is 77.8 Å². The number of aryl methyl sites for hydroxylation is 1. The highest BCUT2D eigenvalue weighted by atomic mass is 16.5. The van der Waals surface area contributed by atoms with Crippen LogP contribution in [0.4, 0.5) is 10.8 Å². The molecule has 0 aliphatic heterocycles. The van der Waals surface area contributed by atoms with Crippen LogP contribution in [0.1, 0.15) is 24.1 Å². The first-order valence-electron chi connectivity index (χ1n) is 10.5. The predicted molar refractivity (Wildman–Crippen MR) is 121 cm³/mol. The molecule has 0 aliphatic rings. The molecule has 4 rings (SSSR count). The van der Waals surface area contributed by atoms with Gasteiger partial charge in [0.25, 0.3) is 6.01 Å². The molecule has 0 saturated carbocycles. The smallest absolute Gasteiger partial charge is 0.326 e. The molecule has 32 heavy (non-hydrogen) atoms. The zero-order valence-corrected chi connectivity index (χ0v) is 17.6. The van der Waals surface area contributed by atoms with Gasteiger partial charge in [-0.05, 0) is 49.1 Å². The number of oxazole rings is 1. The summed E-state index contributed by atoms with van der Waals surface area (Å²) in [4.78, 5) is 20.7. The van der Waals surface area contributed by atoms with Crippen LogP contribution in [0, 0.1) is 0 Å². The summed E-state index contributed by atoms with van der Waals surface area (Å²) in [5.74, 6) is 0.683. The second-order valence-corrected chi connectivity index (χ2v) is 7.33. The van der Waals surface area contributed by atoms with E-state index in [2.05, 4.69) is 27.4 Å². The molecular formula is C24H25N5O3. The van der Waals surface area contributed by atoms with Crippen LogP contribution in [0.3, 0.4) is 0 Å². The summed E-state index contributed by atoms with van der Waals surface area (Å²) in [6.45, 7) is 0.891. The average molecular weight is 431 g/mol. The highest BCUT2D eigenvalue weighted by Gasteiger charge is 2.08. The van der Waals surface area contributed by atoms with Crippen molar-refractivity contribution in [3.8, 4) is 17.0 Å². The average Bonchev–Trinajstić information content (AvgIpc) is 3.48. The van der Waals surface area contributed by atoms with E-state index in [1.54, 1.807) is 6.20 Å². The van der Waals surface area contributed by atoms with E-state index >= 15 is 0 Å². The van der Waals surface area contributed by atoms with Crippen LogP contribution in [0.25, 0.3) is 11.3 Å². The van der Waals surface area contributed by atoms with Crippen molar-refractivity contribution in [2.24, 2.45) is 0 Å². The van der Waals surface area contributed by atoms with Gasteiger partial charge < -0.3 is 20.2 Å². The molecule has 2 heterocycles. The molecule has 8 nitrogen and oxygen atoms in total. The summed E-state index contributed by atoms with van der Waals surface area (Å²) < 4.78 is 12.1. The van der Waals surface area contributed by atoms with Gasteiger partial charge in [0.1, 0.15) is 30.6 Å². The van der Waals surface area contributed by atoms with E-state index in [1.807, 2.05) is 42.5 Å². The van der Waals surface area contributed by atoms with Gasteiger partial charge in [-0.25, -0.2) is 9.78 Å². The lowest BCUT2D eigenvalue weighted by molar-refractivity contribution is 0.242. The maximum atomic E-state index is 12.4. The molecule has 3 N–H and O–H groups in total. The molecule has 0 fully saturated rings. The summed E-state index contributed by atoms with van der Waals surface area (Å²) in [7, 11) is 0. The van der Waals surface area contributed by atoms with Gasteiger partial charge in [0, 0.05) is 18.3 Å². The summed E-state index contributed by atoms with van der Waals surface area (Å²) in [5.41, 5.74) is 8.98. The molecule has 0 spiro atoms. The van der Waals surface area contributed by atoms with E-state index in [0.29, 0.717) is 23.7 Å². The Morgan fingerprint density at radius 2 is 1.91 bits per heavy atom. The molecule has 2 aromatic carbocycles. The van der Waals surface area contributed by atoms with E-state index in [4.69, 9.17) is 14.9 Å².